The van der Waals surface area contributed by atoms with Crippen LogP contribution in [0.5, 0.6) is 0 Å². The Morgan fingerprint density at radius 3 is 1.94 bits per heavy atom. The average Bonchev–Trinajstić information content (AvgIpc) is 2.15. The van der Waals surface area contributed by atoms with Crippen LogP contribution in [0.25, 0.3) is 0 Å². The monoisotopic (exact) mass is 241 g/mol. The van der Waals surface area contributed by atoms with E-state index in [0.717, 1.165) is 6.42 Å². The van der Waals surface area contributed by atoms with Crippen molar-refractivity contribution in [2.45, 2.75) is 60.4 Å². The number of ketones is 1. The molecule has 0 aliphatic rings. The molecule has 1 unspecified atom stereocenters. The van der Waals surface area contributed by atoms with Gasteiger partial charge >= 0.3 is 0 Å². The Hall–Kier alpha value is -0.370. The standard InChI is InChI=1S/C15H31NO/c1-11(2)9-13(5)14(17)10-16(8)15(6,7)12(3)4/h11-13H,9-10H2,1-8H3. The van der Waals surface area contributed by atoms with Gasteiger partial charge in [-0.25, -0.2) is 0 Å². The van der Waals surface area contributed by atoms with Crippen LogP contribution in [0, 0.1) is 17.8 Å². The van der Waals surface area contributed by atoms with Gasteiger partial charge in [-0.15, -0.1) is 0 Å². The second kappa shape index (κ2) is 6.53. The number of carbonyl (C=O) groups is 1. The smallest absolute Gasteiger partial charge is 0.149 e. The fourth-order valence-corrected chi connectivity index (χ4v) is 1.87. The van der Waals surface area contributed by atoms with E-state index in [1.165, 1.54) is 0 Å². The first-order chi connectivity index (χ1) is 7.59. The highest BCUT2D eigenvalue weighted by atomic mass is 16.1. The predicted octanol–water partition coefficient (Wildman–Crippen LogP) is 3.60. The summed E-state index contributed by atoms with van der Waals surface area (Å²) < 4.78 is 0. The maximum Gasteiger partial charge on any atom is 0.149 e. The SMILES string of the molecule is CC(C)CC(C)C(=O)CN(C)C(C)(C)C(C)C. The Balaban J connectivity index is 4.39. The van der Waals surface area contributed by atoms with Gasteiger partial charge in [-0.2, -0.15) is 0 Å². The van der Waals surface area contributed by atoms with E-state index in [9.17, 15) is 4.79 Å². The summed E-state index contributed by atoms with van der Waals surface area (Å²) in [6, 6.07) is 0. The van der Waals surface area contributed by atoms with Gasteiger partial charge in [0.15, 0.2) is 0 Å². The van der Waals surface area contributed by atoms with Gasteiger partial charge in [-0.3, -0.25) is 9.69 Å². The van der Waals surface area contributed by atoms with Crippen molar-refractivity contribution >= 4 is 5.78 Å². The van der Waals surface area contributed by atoms with Crippen LogP contribution >= 0.6 is 0 Å². The summed E-state index contributed by atoms with van der Waals surface area (Å²) in [5.74, 6) is 1.69. The number of likely N-dealkylation sites (N-methyl/N-ethyl adjacent to an activating group) is 1. The second-order valence-corrected chi connectivity index (χ2v) is 6.66. The van der Waals surface area contributed by atoms with Crippen molar-refractivity contribution in [3.8, 4) is 0 Å². The summed E-state index contributed by atoms with van der Waals surface area (Å²) in [6.45, 7) is 15.8. The molecular weight excluding hydrogens is 210 g/mol. The number of carbonyl (C=O) groups excluding carboxylic acids is 1. The molecule has 0 heterocycles. The summed E-state index contributed by atoms with van der Waals surface area (Å²) in [7, 11) is 2.06. The van der Waals surface area contributed by atoms with Crippen molar-refractivity contribution in [1.82, 2.24) is 4.90 Å². The normalized spacial score (nSPS) is 14.8. The highest BCUT2D eigenvalue weighted by Crippen LogP contribution is 2.23. The molecule has 0 bridgehead atoms. The van der Waals surface area contributed by atoms with Gasteiger partial charge in [0.2, 0.25) is 0 Å². The largest absolute Gasteiger partial charge is 0.298 e. The molecule has 0 aromatic carbocycles. The van der Waals surface area contributed by atoms with E-state index in [0.29, 0.717) is 24.2 Å². The molecule has 2 heteroatoms. The average molecular weight is 241 g/mol. The summed E-state index contributed by atoms with van der Waals surface area (Å²) in [4.78, 5) is 14.3. The third-order valence-corrected chi connectivity index (χ3v) is 4.16. The van der Waals surface area contributed by atoms with Gasteiger partial charge in [0.1, 0.15) is 5.78 Å². The third kappa shape index (κ3) is 5.20. The quantitative estimate of drug-likeness (QED) is 0.678. The highest BCUT2D eigenvalue weighted by molar-refractivity contribution is 5.82. The van der Waals surface area contributed by atoms with Crippen LogP contribution in [0.2, 0.25) is 0 Å². The molecule has 0 saturated heterocycles. The van der Waals surface area contributed by atoms with Crippen LogP contribution in [0.4, 0.5) is 0 Å². The summed E-state index contributed by atoms with van der Waals surface area (Å²) in [5, 5.41) is 0. The van der Waals surface area contributed by atoms with Gasteiger partial charge in [-0.05, 0) is 39.2 Å². The Kier molecular flexibility index (Phi) is 6.39. The van der Waals surface area contributed by atoms with Gasteiger partial charge in [-0.1, -0.05) is 34.6 Å². The molecule has 0 amide bonds. The zero-order valence-corrected chi connectivity index (χ0v) is 13.0. The first kappa shape index (κ1) is 16.6. The Morgan fingerprint density at radius 2 is 1.59 bits per heavy atom. The molecule has 0 aliphatic heterocycles. The van der Waals surface area contributed by atoms with E-state index in [4.69, 9.17) is 0 Å². The molecule has 0 aromatic heterocycles. The van der Waals surface area contributed by atoms with Crippen molar-refractivity contribution in [2.75, 3.05) is 13.6 Å². The number of rotatable bonds is 7. The van der Waals surface area contributed by atoms with E-state index in [2.05, 4.69) is 60.4 Å². The van der Waals surface area contributed by atoms with E-state index in [1.54, 1.807) is 0 Å². The molecule has 2 nitrogen and oxygen atoms in total. The van der Waals surface area contributed by atoms with Crippen LogP contribution in [0.15, 0.2) is 0 Å². The van der Waals surface area contributed by atoms with Gasteiger partial charge in [0, 0.05) is 11.5 Å². The molecule has 0 radical (unpaired) electrons. The van der Waals surface area contributed by atoms with E-state index in [1.807, 2.05) is 0 Å². The van der Waals surface area contributed by atoms with Crippen molar-refractivity contribution in [1.29, 1.82) is 0 Å². The Morgan fingerprint density at radius 1 is 1.12 bits per heavy atom. The summed E-state index contributed by atoms with van der Waals surface area (Å²) >= 11 is 0. The van der Waals surface area contributed by atoms with Crippen molar-refractivity contribution in [3.63, 3.8) is 0 Å². The fraction of sp³-hybridized carbons (Fsp3) is 0.933. The second-order valence-electron chi connectivity index (χ2n) is 6.66. The first-order valence-electron chi connectivity index (χ1n) is 6.83. The van der Waals surface area contributed by atoms with E-state index < -0.39 is 0 Å². The first-order valence-corrected chi connectivity index (χ1v) is 6.83. The van der Waals surface area contributed by atoms with Crippen LogP contribution in [-0.2, 0) is 4.79 Å². The maximum atomic E-state index is 12.1. The molecule has 0 rings (SSSR count). The van der Waals surface area contributed by atoms with Crippen molar-refractivity contribution in [3.05, 3.63) is 0 Å². The molecule has 0 aromatic rings. The Labute approximate surface area is 108 Å². The molecule has 0 N–H and O–H groups in total. The van der Waals surface area contributed by atoms with Crippen LogP contribution in [0.1, 0.15) is 54.9 Å². The van der Waals surface area contributed by atoms with Crippen LogP contribution < -0.4 is 0 Å². The lowest BCUT2D eigenvalue weighted by Crippen LogP contribution is -2.48. The molecule has 0 spiro atoms. The minimum absolute atomic E-state index is 0.0766. The molecule has 0 aliphatic carbocycles. The predicted molar refractivity (Wildman–Crippen MR) is 75.2 cm³/mol. The highest BCUT2D eigenvalue weighted by Gasteiger charge is 2.29. The van der Waals surface area contributed by atoms with Gasteiger partial charge in [0.25, 0.3) is 0 Å². The number of nitrogens with zero attached hydrogens (tertiary/aromatic N) is 1. The van der Waals surface area contributed by atoms with Crippen LogP contribution in [-0.4, -0.2) is 29.8 Å². The summed E-state index contributed by atoms with van der Waals surface area (Å²) in [6.07, 6.45) is 0.995. The van der Waals surface area contributed by atoms with Gasteiger partial charge < -0.3 is 0 Å². The fourth-order valence-electron chi connectivity index (χ4n) is 1.87. The molecule has 0 saturated carbocycles. The zero-order valence-electron chi connectivity index (χ0n) is 13.0. The topological polar surface area (TPSA) is 20.3 Å². The maximum absolute atomic E-state index is 12.1. The lowest BCUT2D eigenvalue weighted by molar-refractivity contribution is -0.125. The third-order valence-electron chi connectivity index (χ3n) is 4.16. The van der Waals surface area contributed by atoms with E-state index >= 15 is 0 Å². The number of Topliss-reactive ketones (excluding diaryl/α,β-unsaturated/α-hetero) is 1. The molecule has 1 atom stereocenters. The minimum atomic E-state index is 0.0766. The molecule has 0 fully saturated rings. The number of hydrogen-bond acceptors (Lipinski definition) is 2. The van der Waals surface area contributed by atoms with E-state index in [-0.39, 0.29) is 11.5 Å². The lowest BCUT2D eigenvalue weighted by atomic mass is 9.88. The zero-order chi connectivity index (χ0) is 13.8. The lowest BCUT2D eigenvalue weighted by Gasteiger charge is -2.39. The van der Waals surface area contributed by atoms with Crippen molar-refractivity contribution in [2.24, 2.45) is 17.8 Å². The Bertz CT molecular complexity index is 243. The number of hydrogen-bond donors (Lipinski definition) is 0. The van der Waals surface area contributed by atoms with Crippen molar-refractivity contribution < 1.29 is 4.79 Å². The van der Waals surface area contributed by atoms with Crippen LogP contribution in [0.3, 0.4) is 0 Å². The molecular formula is C15H31NO. The van der Waals surface area contributed by atoms with Gasteiger partial charge in [0.05, 0.1) is 6.54 Å². The minimum Gasteiger partial charge on any atom is -0.298 e. The molecule has 17 heavy (non-hydrogen) atoms. The molecule has 102 valence electrons. The summed E-state index contributed by atoms with van der Waals surface area (Å²) in [5.41, 5.74) is 0.0766.